The Hall–Kier alpha value is -4.31. The second kappa shape index (κ2) is 13.5. The van der Waals surface area contributed by atoms with Gasteiger partial charge < -0.3 is 14.4 Å². The number of thioether (sulfide) groups is 1. The van der Waals surface area contributed by atoms with Crippen molar-refractivity contribution in [3.63, 3.8) is 0 Å². The molecular weight excluding hydrogens is 654 g/mol. The Balaban J connectivity index is 1.38. The smallest absolute Gasteiger partial charge is 0.352 e. The van der Waals surface area contributed by atoms with Crippen LogP contribution in [-0.4, -0.2) is 62.8 Å². The number of aromatic carboxylic acids is 1. The number of nitrogens with zero attached hydrogens (tertiary/aromatic N) is 5. The highest BCUT2D eigenvalue weighted by Gasteiger charge is 2.28. The highest BCUT2D eigenvalue weighted by molar-refractivity contribution is 7.98. The molecule has 0 saturated heterocycles. The van der Waals surface area contributed by atoms with Gasteiger partial charge in [-0.1, -0.05) is 47.5 Å². The van der Waals surface area contributed by atoms with Crippen molar-refractivity contribution in [2.24, 2.45) is 12.0 Å². The van der Waals surface area contributed by atoms with Crippen molar-refractivity contribution < 1.29 is 14.6 Å². The van der Waals surface area contributed by atoms with Crippen LogP contribution in [0.5, 0.6) is 5.75 Å². The maximum Gasteiger partial charge on any atom is 0.352 e. The first-order valence-electron chi connectivity index (χ1n) is 16.5. The summed E-state index contributed by atoms with van der Waals surface area (Å²) in [5.74, 6) is 0.628. The van der Waals surface area contributed by atoms with Crippen LogP contribution < -0.4 is 4.74 Å². The molecule has 8 bridgehead atoms. The Labute approximate surface area is 295 Å². The molecule has 2 aliphatic rings. The average Bonchev–Trinajstić information content (AvgIpc) is 3.50. The summed E-state index contributed by atoms with van der Waals surface area (Å²) in [6.07, 6.45) is 2.79. The summed E-state index contributed by atoms with van der Waals surface area (Å²) in [7, 11) is 4.09. The van der Waals surface area contributed by atoms with E-state index in [0.717, 1.165) is 77.5 Å². The van der Waals surface area contributed by atoms with Gasteiger partial charge in [0.15, 0.2) is 0 Å². The van der Waals surface area contributed by atoms with E-state index < -0.39 is 5.97 Å². The van der Waals surface area contributed by atoms with E-state index in [4.69, 9.17) is 26.4 Å². The Morgan fingerprint density at radius 3 is 2.67 bits per heavy atom. The van der Waals surface area contributed by atoms with Gasteiger partial charge >= 0.3 is 5.97 Å². The van der Waals surface area contributed by atoms with Gasteiger partial charge in [-0.25, -0.2) is 4.79 Å². The molecule has 5 aromatic rings. The van der Waals surface area contributed by atoms with Gasteiger partial charge in [0.2, 0.25) is 0 Å². The zero-order chi connectivity index (χ0) is 34.4. The molecule has 0 aliphatic carbocycles. The number of carbonyl (C=O) groups is 1. The van der Waals surface area contributed by atoms with Crippen molar-refractivity contribution in [3.8, 4) is 5.75 Å². The summed E-state index contributed by atoms with van der Waals surface area (Å²) < 4.78 is 10.3. The molecule has 1 N–H and O–H groups in total. The third-order valence-corrected chi connectivity index (χ3v) is 10.7. The summed E-state index contributed by atoms with van der Waals surface area (Å²) in [6.45, 7) is 8.78. The lowest BCUT2D eigenvalue weighted by Gasteiger charge is -2.21. The molecule has 0 unspecified atom stereocenters. The fourth-order valence-electron chi connectivity index (χ4n) is 7.24. The van der Waals surface area contributed by atoms with Crippen LogP contribution >= 0.6 is 23.4 Å². The number of rotatable bonds is 1. The van der Waals surface area contributed by atoms with Crippen LogP contribution in [0.15, 0.2) is 81.7 Å². The van der Waals surface area contributed by atoms with Crippen molar-refractivity contribution in [1.29, 1.82) is 0 Å². The largest absolute Gasteiger partial charge is 0.493 e. The first-order valence-corrected chi connectivity index (χ1v) is 17.9. The van der Waals surface area contributed by atoms with Crippen LogP contribution in [0.2, 0.25) is 5.02 Å². The Kier molecular flexibility index (Phi) is 9.17. The topological polar surface area (TPSA) is 84.9 Å². The molecule has 2 aromatic heterocycles. The molecule has 4 heterocycles. The average molecular weight is 694 g/mol. The van der Waals surface area contributed by atoms with Gasteiger partial charge in [-0.15, -0.1) is 11.8 Å². The third kappa shape index (κ3) is 6.43. The maximum absolute atomic E-state index is 12.9. The van der Waals surface area contributed by atoms with Gasteiger partial charge in [0.25, 0.3) is 0 Å². The molecular formula is C39H40ClN5O3S. The molecule has 3 aromatic carbocycles. The maximum atomic E-state index is 12.9. The number of ether oxygens (including phenoxy) is 1. The van der Waals surface area contributed by atoms with Gasteiger partial charge in [0, 0.05) is 75.5 Å². The number of aromatic nitrogens is 3. The zero-order valence-electron chi connectivity index (χ0n) is 28.5. The van der Waals surface area contributed by atoms with E-state index >= 15 is 0 Å². The molecule has 252 valence electrons. The molecule has 0 saturated carbocycles. The van der Waals surface area contributed by atoms with Crippen molar-refractivity contribution >= 4 is 62.3 Å². The minimum atomic E-state index is -0.965. The number of halogens is 1. The monoisotopic (exact) mass is 693 g/mol. The Morgan fingerprint density at radius 2 is 1.86 bits per heavy atom. The normalized spacial score (nSPS) is 16.5. The summed E-state index contributed by atoms with van der Waals surface area (Å²) in [6, 6.07) is 18.6. The number of carboxylic acids is 1. The van der Waals surface area contributed by atoms with Crippen molar-refractivity contribution in [1.82, 2.24) is 19.2 Å². The summed E-state index contributed by atoms with van der Waals surface area (Å²) in [5.41, 5.74) is 8.84. The van der Waals surface area contributed by atoms with Gasteiger partial charge in [0.1, 0.15) is 11.4 Å². The van der Waals surface area contributed by atoms with Crippen molar-refractivity contribution in [3.05, 3.63) is 105 Å². The van der Waals surface area contributed by atoms with Crippen LogP contribution in [0.1, 0.15) is 53.3 Å². The minimum absolute atomic E-state index is 0.268. The molecule has 0 radical (unpaired) electrons. The van der Waals surface area contributed by atoms with Crippen LogP contribution in [-0.2, 0) is 25.9 Å². The third-order valence-electron chi connectivity index (χ3n) is 9.39. The summed E-state index contributed by atoms with van der Waals surface area (Å²) in [5, 5.41) is 19.0. The van der Waals surface area contributed by atoms with Crippen molar-refractivity contribution in [2.45, 2.75) is 50.9 Å². The van der Waals surface area contributed by atoms with Crippen LogP contribution in [0.25, 0.3) is 27.2 Å². The Bertz CT molecular complexity index is 2230. The number of hydrogen-bond acceptors (Lipinski definition) is 6. The molecule has 8 nitrogen and oxygen atoms in total. The van der Waals surface area contributed by atoms with Gasteiger partial charge in [-0.3, -0.25) is 14.6 Å². The number of hydrogen-bond donors (Lipinski definition) is 1. The number of benzene rings is 3. The number of allylic oxidation sites excluding steroid dienone is 2. The predicted octanol–water partition coefficient (Wildman–Crippen LogP) is 8.57. The fourth-order valence-corrected chi connectivity index (χ4v) is 8.47. The van der Waals surface area contributed by atoms with Gasteiger partial charge in [-0.2, -0.15) is 5.10 Å². The second-order valence-electron chi connectivity index (χ2n) is 13.1. The van der Waals surface area contributed by atoms with Crippen LogP contribution in [0.3, 0.4) is 0 Å². The number of aryl methyl sites for hydroxylation is 3. The molecule has 0 atom stereocenters. The molecule has 0 amide bonds. The number of fused-ring (bicyclic) bond motifs is 8. The van der Waals surface area contributed by atoms with Gasteiger partial charge in [-0.05, 0) is 81.1 Å². The first-order chi connectivity index (χ1) is 23.6. The molecule has 2 aliphatic heterocycles. The predicted molar refractivity (Wildman–Crippen MR) is 200 cm³/mol. The lowest BCUT2D eigenvalue weighted by Crippen LogP contribution is -2.27. The van der Waals surface area contributed by atoms with E-state index in [9.17, 15) is 9.90 Å². The zero-order valence-corrected chi connectivity index (χ0v) is 30.1. The molecule has 49 heavy (non-hydrogen) atoms. The number of aliphatic imine (C=N–C) groups is 1. The highest BCUT2D eigenvalue weighted by atomic mass is 35.5. The molecule has 0 spiro atoms. The number of carboxylic acid groups (broad SMARTS) is 1. The van der Waals surface area contributed by atoms with Crippen LogP contribution in [0, 0.1) is 6.92 Å². The van der Waals surface area contributed by atoms with E-state index in [-0.39, 0.29) is 5.69 Å². The molecule has 0 fully saturated rings. The fraction of sp³-hybridized carbons (Fsp3) is 0.308. The van der Waals surface area contributed by atoms with Crippen molar-refractivity contribution in [2.75, 3.05) is 26.7 Å². The van der Waals surface area contributed by atoms with E-state index in [1.54, 1.807) is 11.8 Å². The van der Waals surface area contributed by atoms with Crippen LogP contribution in [0.4, 0.5) is 0 Å². The SMILES string of the molecule is CC1=CC(C)=C2C(=NC1)CN(C)Cc1cc(n(C)n1)CSc1cc(c3ccccc3c1)OCCCn1c(C(=O)O)c(C)c3c2c(Cl)ccc31. The molecule has 10 heteroatoms. The standard InChI is InChI=1S/C39H40ClN5O3S/c1-23-15-24(2)35-32(41-19-23)21-43(4)20-27-17-28(44(5)42-27)22-49-29-16-26-9-6-7-10-30(26)34(18-29)48-14-8-13-45-33-12-11-31(40)37(35)36(33)25(3)38(45)39(46)47/h6-7,9-12,15-18H,8,13-14,19-22H2,1-5H3,(H,46,47). The summed E-state index contributed by atoms with van der Waals surface area (Å²) in [4.78, 5) is 21.3. The van der Waals surface area contributed by atoms with E-state index in [2.05, 4.69) is 62.2 Å². The van der Waals surface area contributed by atoms with Gasteiger partial charge in [0.05, 0.1) is 24.6 Å². The highest BCUT2D eigenvalue weighted by Crippen LogP contribution is 2.40. The first kappa shape index (κ1) is 33.2. The summed E-state index contributed by atoms with van der Waals surface area (Å²) >= 11 is 8.87. The minimum Gasteiger partial charge on any atom is -0.493 e. The van der Waals surface area contributed by atoms with E-state index in [1.165, 1.54) is 0 Å². The quantitative estimate of drug-likeness (QED) is 0.189. The lowest BCUT2D eigenvalue weighted by atomic mass is 9.91. The Morgan fingerprint density at radius 1 is 1.04 bits per heavy atom. The second-order valence-corrected chi connectivity index (χ2v) is 14.6. The lowest BCUT2D eigenvalue weighted by molar-refractivity contribution is 0.0684. The van der Waals surface area contributed by atoms with E-state index in [1.807, 2.05) is 47.5 Å². The van der Waals surface area contributed by atoms with E-state index in [0.29, 0.717) is 49.8 Å². The molecule has 7 rings (SSSR count).